The monoisotopic (exact) mass is 386 g/mol. The maximum atomic E-state index is 13.2. The van der Waals surface area contributed by atoms with E-state index in [0.717, 1.165) is 17.5 Å². The average Bonchev–Trinajstić information content (AvgIpc) is 2.69. The minimum Gasteiger partial charge on any atom is -0.484 e. The predicted molar refractivity (Wildman–Crippen MR) is 106 cm³/mol. The van der Waals surface area contributed by atoms with Crippen LogP contribution in [-0.2, 0) is 16.1 Å². The maximum Gasteiger partial charge on any atom is 0.261 e. The topological polar surface area (TPSA) is 58.6 Å². The summed E-state index contributed by atoms with van der Waals surface area (Å²) in [5.74, 6) is -0.297. The Kier molecular flexibility index (Phi) is 7.99. The smallest absolute Gasteiger partial charge is 0.261 e. The molecule has 2 aromatic carbocycles. The van der Waals surface area contributed by atoms with Gasteiger partial charge in [0.2, 0.25) is 5.91 Å². The van der Waals surface area contributed by atoms with Gasteiger partial charge in [-0.3, -0.25) is 9.59 Å². The highest BCUT2D eigenvalue weighted by Crippen LogP contribution is 2.14. The Morgan fingerprint density at radius 1 is 1.18 bits per heavy atom. The van der Waals surface area contributed by atoms with Crippen LogP contribution in [0.15, 0.2) is 48.5 Å². The molecule has 2 aromatic rings. The van der Waals surface area contributed by atoms with Gasteiger partial charge in [0, 0.05) is 13.1 Å². The SMILES string of the molecule is CCCNC(=O)C(C)N(Cc1ccc(F)cc1)C(=O)COc1cccc(C)c1. The molecule has 1 atom stereocenters. The number of benzene rings is 2. The maximum absolute atomic E-state index is 13.2. The van der Waals surface area contributed by atoms with E-state index < -0.39 is 6.04 Å². The molecule has 0 radical (unpaired) electrons. The second-order valence-corrected chi connectivity index (χ2v) is 6.72. The number of carbonyl (C=O) groups excluding carboxylic acids is 2. The molecule has 28 heavy (non-hydrogen) atoms. The largest absolute Gasteiger partial charge is 0.484 e. The van der Waals surface area contributed by atoms with Gasteiger partial charge >= 0.3 is 0 Å². The van der Waals surface area contributed by atoms with Crippen molar-refractivity contribution in [3.05, 3.63) is 65.5 Å². The molecule has 0 aliphatic heterocycles. The van der Waals surface area contributed by atoms with Crippen LogP contribution in [0.4, 0.5) is 4.39 Å². The van der Waals surface area contributed by atoms with Gasteiger partial charge in [0.25, 0.3) is 5.91 Å². The Bertz CT molecular complexity index is 793. The number of hydrogen-bond donors (Lipinski definition) is 1. The number of ether oxygens (including phenoxy) is 1. The summed E-state index contributed by atoms with van der Waals surface area (Å²) in [6.45, 7) is 6.13. The van der Waals surface area contributed by atoms with Gasteiger partial charge in [-0.15, -0.1) is 0 Å². The van der Waals surface area contributed by atoms with Gasteiger partial charge in [-0.05, 0) is 55.7 Å². The third-order valence-electron chi connectivity index (χ3n) is 4.33. The number of aryl methyl sites for hydroxylation is 1. The molecule has 0 aliphatic rings. The number of amides is 2. The zero-order valence-electron chi connectivity index (χ0n) is 16.6. The fourth-order valence-corrected chi connectivity index (χ4v) is 2.70. The van der Waals surface area contributed by atoms with Gasteiger partial charge in [-0.2, -0.15) is 0 Å². The molecule has 6 heteroatoms. The molecule has 0 aliphatic carbocycles. The third kappa shape index (κ3) is 6.37. The van der Waals surface area contributed by atoms with Crippen LogP contribution in [0.2, 0.25) is 0 Å². The zero-order valence-corrected chi connectivity index (χ0v) is 16.6. The summed E-state index contributed by atoms with van der Waals surface area (Å²) in [5, 5.41) is 2.81. The van der Waals surface area contributed by atoms with Gasteiger partial charge in [0.15, 0.2) is 6.61 Å². The Balaban J connectivity index is 2.11. The first-order chi connectivity index (χ1) is 13.4. The lowest BCUT2D eigenvalue weighted by atomic mass is 10.1. The van der Waals surface area contributed by atoms with Crippen LogP contribution in [-0.4, -0.2) is 35.9 Å². The van der Waals surface area contributed by atoms with E-state index in [0.29, 0.717) is 12.3 Å². The molecule has 0 saturated heterocycles. The molecule has 2 amide bonds. The fraction of sp³-hybridized carbons (Fsp3) is 0.364. The summed E-state index contributed by atoms with van der Waals surface area (Å²) in [6, 6.07) is 12.6. The number of carbonyl (C=O) groups is 2. The van der Waals surface area contributed by atoms with Crippen molar-refractivity contribution in [3.63, 3.8) is 0 Å². The highest BCUT2D eigenvalue weighted by molar-refractivity contribution is 5.87. The molecular weight excluding hydrogens is 359 g/mol. The van der Waals surface area contributed by atoms with Crippen molar-refractivity contribution in [1.29, 1.82) is 0 Å². The van der Waals surface area contributed by atoms with Crippen LogP contribution in [0.3, 0.4) is 0 Å². The first-order valence-electron chi connectivity index (χ1n) is 9.41. The predicted octanol–water partition coefficient (Wildman–Crippen LogP) is 3.46. The highest BCUT2D eigenvalue weighted by atomic mass is 19.1. The van der Waals surface area contributed by atoms with Crippen LogP contribution >= 0.6 is 0 Å². The van der Waals surface area contributed by atoms with Gasteiger partial charge in [0.05, 0.1) is 0 Å². The first kappa shape index (κ1) is 21.4. The van der Waals surface area contributed by atoms with E-state index in [4.69, 9.17) is 4.74 Å². The van der Waals surface area contributed by atoms with Crippen molar-refractivity contribution in [2.75, 3.05) is 13.2 Å². The van der Waals surface area contributed by atoms with Crippen LogP contribution in [0.25, 0.3) is 0 Å². The normalized spacial score (nSPS) is 11.6. The van der Waals surface area contributed by atoms with Crippen molar-refractivity contribution >= 4 is 11.8 Å². The van der Waals surface area contributed by atoms with Crippen molar-refractivity contribution < 1.29 is 18.7 Å². The van der Waals surface area contributed by atoms with Crippen LogP contribution < -0.4 is 10.1 Å². The van der Waals surface area contributed by atoms with Gasteiger partial charge < -0.3 is 15.0 Å². The molecule has 0 fully saturated rings. The fourth-order valence-electron chi connectivity index (χ4n) is 2.70. The summed E-state index contributed by atoms with van der Waals surface area (Å²) in [7, 11) is 0. The van der Waals surface area contributed by atoms with E-state index in [-0.39, 0.29) is 30.8 Å². The minimum absolute atomic E-state index is 0.184. The summed E-state index contributed by atoms with van der Waals surface area (Å²) in [5.41, 5.74) is 1.76. The molecule has 1 unspecified atom stereocenters. The van der Waals surface area contributed by atoms with Crippen molar-refractivity contribution in [2.24, 2.45) is 0 Å². The molecule has 150 valence electrons. The van der Waals surface area contributed by atoms with Gasteiger partial charge in [-0.1, -0.05) is 31.2 Å². The van der Waals surface area contributed by atoms with Crippen LogP contribution in [0, 0.1) is 12.7 Å². The van der Waals surface area contributed by atoms with E-state index >= 15 is 0 Å². The van der Waals surface area contributed by atoms with E-state index in [1.807, 2.05) is 32.0 Å². The van der Waals surface area contributed by atoms with Crippen LogP contribution in [0.5, 0.6) is 5.75 Å². The first-order valence-corrected chi connectivity index (χ1v) is 9.41. The lowest BCUT2D eigenvalue weighted by Crippen LogP contribution is -2.49. The lowest BCUT2D eigenvalue weighted by molar-refractivity contribution is -0.142. The summed E-state index contributed by atoms with van der Waals surface area (Å²) in [4.78, 5) is 26.7. The second-order valence-electron chi connectivity index (χ2n) is 6.72. The molecular formula is C22H27FN2O3. The number of halogens is 1. The summed E-state index contributed by atoms with van der Waals surface area (Å²) in [6.07, 6.45) is 0.806. The Labute approximate surface area is 165 Å². The highest BCUT2D eigenvalue weighted by Gasteiger charge is 2.26. The summed E-state index contributed by atoms with van der Waals surface area (Å²) >= 11 is 0. The van der Waals surface area contributed by atoms with E-state index in [1.165, 1.54) is 17.0 Å². The van der Waals surface area contributed by atoms with Gasteiger partial charge in [-0.25, -0.2) is 4.39 Å². The third-order valence-corrected chi connectivity index (χ3v) is 4.33. The molecule has 0 spiro atoms. The average molecular weight is 386 g/mol. The van der Waals surface area contributed by atoms with Crippen molar-refractivity contribution in [2.45, 2.75) is 39.8 Å². The Morgan fingerprint density at radius 2 is 1.89 bits per heavy atom. The molecule has 0 bridgehead atoms. The summed E-state index contributed by atoms with van der Waals surface area (Å²) < 4.78 is 18.8. The van der Waals surface area contributed by atoms with Crippen molar-refractivity contribution in [1.82, 2.24) is 10.2 Å². The standard InChI is InChI=1S/C22H27FN2O3/c1-4-12-24-22(27)17(3)25(14-18-8-10-19(23)11-9-18)21(26)15-28-20-7-5-6-16(2)13-20/h5-11,13,17H,4,12,14-15H2,1-3H3,(H,24,27). The van der Waals surface area contributed by atoms with E-state index in [2.05, 4.69) is 5.32 Å². The van der Waals surface area contributed by atoms with E-state index in [9.17, 15) is 14.0 Å². The van der Waals surface area contributed by atoms with Crippen molar-refractivity contribution in [3.8, 4) is 5.75 Å². The number of hydrogen-bond acceptors (Lipinski definition) is 3. The van der Waals surface area contributed by atoms with Crippen LogP contribution in [0.1, 0.15) is 31.4 Å². The minimum atomic E-state index is -0.676. The number of nitrogens with one attached hydrogen (secondary N) is 1. The molecule has 1 N–H and O–H groups in total. The number of rotatable bonds is 9. The molecule has 0 saturated carbocycles. The molecule has 2 rings (SSSR count). The quantitative estimate of drug-likeness (QED) is 0.718. The van der Waals surface area contributed by atoms with Gasteiger partial charge in [0.1, 0.15) is 17.6 Å². The molecule has 5 nitrogen and oxygen atoms in total. The second kappa shape index (κ2) is 10.4. The Morgan fingerprint density at radius 3 is 2.54 bits per heavy atom. The lowest BCUT2D eigenvalue weighted by Gasteiger charge is -2.28. The molecule has 0 heterocycles. The Hall–Kier alpha value is -2.89. The van der Waals surface area contributed by atoms with E-state index in [1.54, 1.807) is 25.1 Å². The molecule has 0 aromatic heterocycles. The zero-order chi connectivity index (χ0) is 20.5. The number of nitrogens with zero attached hydrogens (tertiary/aromatic N) is 1.